The zero-order valence-corrected chi connectivity index (χ0v) is 24.9. The quantitative estimate of drug-likeness (QED) is 0.167. The van der Waals surface area contributed by atoms with Crippen LogP contribution in [0.1, 0.15) is 46.1 Å². The van der Waals surface area contributed by atoms with Gasteiger partial charge in [-0.1, -0.05) is 60.2 Å². The number of benzene rings is 3. The molecule has 0 saturated carbocycles. The van der Waals surface area contributed by atoms with Crippen molar-refractivity contribution in [2.24, 2.45) is 0 Å². The first-order chi connectivity index (χ1) is 20.5. The van der Waals surface area contributed by atoms with Gasteiger partial charge in [0.2, 0.25) is 5.91 Å². The van der Waals surface area contributed by atoms with Crippen LogP contribution in [0.4, 0.5) is 0 Å². The van der Waals surface area contributed by atoms with Gasteiger partial charge in [-0.25, -0.2) is 0 Å². The molecule has 0 unspecified atom stereocenters. The molecular formula is C35H41N3O4. The minimum Gasteiger partial charge on any atom is -0.497 e. The highest BCUT2D eigenvalue weighted by molar-refractivity contribution is 5.96. The van der Waals surface area contributed by atoms with Gasteiger partial charge in [-0.15, -0.1) is 0 Å². The van der Waals surface area contributed by atoms with Crippen molar-refractivity contribution >= 4 is 11.8 Å². The van der Waals surface area contributed by atoms with Gasteiger partial charge in [-0.05, 0) is 67.8 Å². The van der Waals surface area contributed by atoms with Crippen molar-refractivity contribution in [2.45, 2.75) is 39.9 Å². The molecule has 1 aromatic heterocycles. The third kappa shape index (κ3) is 8.82. The van der Waals surface area contributed by atoms with Gasteiger partial charge in [0.15, 0.2) is 0 Å². The van der Waals surface area contributed by atoms with Gasteiger partial charge in [-0.2, -0.15) is 0 Å². The molecule has 220 valence electrons. The van der Waals surface area contributed by atoms with E-state index in [4.69, 9.17) is 9.47 Å². The Morgan fingerprint density at radius 1 is 0.833 bits per heavy atom. The van der Waals surface area contributed by atoms with Crippen molar-refractivity contribution in [3.05, 3.63) is 125 Å². The molecule has 1 heterocycles. The van der Waals surface area contributed by atoms with Crippen LogP contribution in [0.5, 0.6) is 5.75 Å². The number of carbonyl (C=O) groups is 2. The van der Waals surface area contributed by atoms with Crippen LogP contribution in [-0.2, 0) is 29.2 Å². The molecule has 42 heavy (non-hydrogen) atoms. The van der Waals surface area contributed by atoms with E-state index in [0.29, 0.717) is 51.4 Å². The summed E-state index contributed by atoms with van der Waals surface area (Å²) in [5.41, 5.74) is 4.80. The molecular weight excluding hydrogens is 526 g/mol. The predicted octanol–water partition coefficient (Wildman–Crippen LogP) is 5.95. The monoisotopic (exact) mass is 567 g/mol. The number of ether oxygens (including phenoxy) is 2. The summed E-state index contributed by atoms with van der Waals surface area (Å²) in [7, 11) is 1.66. The normalized spacial score (nSPS) is 10.8. The van der Waals surface area contributed by atoms with Gasteiger partial charge in [-0.3, -0.25) is 9.59 Å². The summed E-state index contributed by atoms with van der Waals surface area (Å²) in [6, 6.07) is 29.5. The molecule has 0 aliphatic carbocycles. The summed E-state index contributed by atoms with van der Waals surface area (Å²) in [4.78, 5) is 31.0. The van der Waals surface area contributed by atoms with Crippen LogP contribution < -0.4 is 4.74 Å². The Bertz CT molecular complexity index is 1420. The highest BCUT2D eigenvalue weighted by Gasteiger charge is 2.23. The molecule has 7 nitrogen and oxygen atoms in total. The number of aromatic nitrogens is 1. The van der Waals surface area contributed by atoms with Crippen LogP contribution in [0.3, 0.4) is 0 Å². The first-order valence-corrected chi connectivity index (χ1v) is 14.5. The Kier molecular flexibility index (Phi) is 11.4. The van der Waals surface area contributed by atoms with Crippen LogP contribution in [-0.4, -0.2) is 59.6 Å². The number of hydrogen-bond donors (Lipinski definition) is 0. The second kappa shape index (κ2) is 15.6. The average molecular weight is 568 g/mol. The maximum Gasteiger partial charge on any atom is 0.254 e. The molecule has 0 saturated heterocycles. The highest BCUT2D eigenvalue weighted by Crippen LogP contribution is 2.18. The smallest absolute Gasteiger partial charge is 0.254 e. The minimum atomic E-state index is -0.152. The first-order valence-electron chi connectivity index (χ1n) is 14.5. The molecule has 0 spiro atoms. The fraction of sp³-hybridized carbons (Fsp3) is 0.314. The Hall–Kier alpha value is -4.36. The van der Waals surface area contributed by atoms with Crippen LogP contribution in [0.15, 0.2) is 97.2 Å². The number of rotatable bonds is 15. The molecule has 4 aromatic rings. The van der Waals surface area contributed by atoms with Crippen LogP contribution >= 0.6 is 0 Å². The molecule has 4 rings (SSSR count). The molecule has 2 amide bonds. The summed E-state index contributed by atoms with van der Waals surface area (Å²) in [5, 5.41) is 0. The Labute approximate surface area is 249 Å². The fourth-order valence-electron chi connectivity index (χ4n) is 4.84. The van der Waals surface area contributed by atoms with Gasteiger partial charge in [0, 0.05) is 50.3 Å². The average Bonchev–Trinajstić information content (AvgIpc) is 3.45. The lowest BCUT2D eigenvalue weighted by molar-refractivity contribution is -0.133. The summed E-state index contributed by atoms with van der Waals surface area (Å²) >= 11 is 0. The molecule has 0 N–H and O–H groups in total. The van der Waals surface area contributed by atoms with Crippen molar-refractivity contribution in [1.82, 2.24) is 14.4 Å². The summed E-state index contributed by atoms with van der Waals surface area (Å²) in [5.74, 6) is 0.551. The maximum absolute atomic E-state index is 14.0. The lowest BCUT2D eigenvalue weighted by Gasteiger charge is -2.28. The molecule has 0 aliphatic heterocycles. The van der Waals surface area contributed by atoms with Crippen molar-refractivity contribution in [1.29, 1.82) is 0 Å². The van der Waals surface area contributed by atoms with E-state index in [1.807, 2.05) is 110 Å². The third-order valence-electron chi connectivity index (χ3n) is 7.17. The van der Waals surface area contributed by atoms with Gasteiger partial charge in [0.1, 0.15) is 12.3 Å². The number of hydrogen-bond acceptors (Lipinski definition) is 4. The van der Waals surface area contributed by atoms with Gasteiger partial charge < -0.3 is 23.8 Å². The van der Waals surface area contributed by atoms with E-state index in [-0.39, 0.29) is 18.4 Å². The van der Waals surface area contributed by atoms with Crippen molar-refractivity contribution in [3.63, 3.8) is 0 Å². The maximum atomic E-state index is 14.0. The van der Waals surface area contributed by atoms with Crippen molar-refractivity contribution in [2.75, 3.05) is 33.4 Å². The number of amides is 2. The molecule has 0 fully saturated rings. The predicted molar refractivity (Wildman–Crippen MR) is 165 cm³/mol. The Balaban J connectivity index is 1.55. The summed E-state index contributed by atoms with van der Waals surface area (Å²) < 4.78 is 13.1. The van der Waals surface area contributed by atoms with E-state index < -0.39 is 0 Å². The van der Waals surface area contributed by atoms with Crippen LogP contribution in [0.25, 0.3) is 0 Å². The standard InChI is InChI=1S/C35H41N3O4/c1-4-42-22-10-21-37(35(40)31-18-16-28(2)17-19-31)27-34(39)38(24-29-11-6-5-7-12-29)26-32-14-9-20-36(32)25-30-13-8-15-33(23-30)41-3/h5-9,11-20,23H,4,10,21-22,24-27H2,1-3H3. The zero-order chi connectivity index (χ0) is 29.7. The number of nitrogens with zero attached hydrogens (tertiary/aromatic N) is 3. The van der Waals surface area contributed by atoms with Gasteiger partial charge >= 0.3 is 0 Å². The molecule has 3 aromatic carbocycles. The summed E-state index contributed by atoms with van der Waals surface area (Å²) in [6.45, 7) is 7.02. The van der Waals surface area contributed by atoms with E-state index in [0.717, 1.165) is 28.1 Å². The van der Waals surface area contributed by atoms with Crippen molar-refractivity contribution < 1.29 is 19.1 Å². The minimum absolute atomic E-state index is 0.0116. The van der Waals surface area contributed by atoms with E-state index in [2.05, 4.69) is 10.6 Å². The molecule has 0 atom stereocenters. The molecule has 0 aliphatic rings. The lowest BCUT2D eigenvalue weighted by Crippen LogP contribution is -2.43. The number of aryl methyl sites for hydroxylation is 1. The molecule has 7 heteroatoms. The Morgan fingerprint density at radius 2 is 1.60 bits per heavy atom. The first kappa shape index (κ1) is 30.6. The second-order valence-electron chi connectivity index (χ2n) is 10.4. The lowest BCUT2D eigenvalue weighted by atomic mass is 10.1. The largest absolute Gasteiger partial charge is 0.497 e. The number of methoxy groups -OCH3 is 1. The van der Waals surface area contributed by atoms with E-state index in [9.17, 15) is 9.59 Å². The SMILES string of the molecule is CCOCCCN(CC(=O)N(Cc1ccccc1)Cc1cccn1Cc1cccc(OC)c1)C(=O)c1ccc(C)cc1. The van der Waals surface area contributed by atoms with E-state index >= 15 is 0 Å². The summed E-state index contributed by atoms with van der Waals surface area (Å²) in [6.07, 6.45) is 2.68. The van der Waals surface area contributed by atoms with Gasteiger partial charge in [0.25, 0.3) is 5.91 Å². The third-order valence-corrected chi connectivity index (χ3v) is 7.17. The van der Waals surface area contributed by atoms with E-state index in [1.54, 1.807) is 12.0 Å². The molecule has 0 bridgehead atoms. The fourth-order valence-corrected chi connectivity index (χ4v) is 4.84. The Morgan fingerprint density at radius 3 is 2.33 bits per heavy atom. The number of carbonyl (C=O) groups excluding carboxylic acids is 2. The highest BCUT2D eigenvalue weighted by atomic mass is 16.5. The van der Waals surface area contributed by atoms with Crippen LogP contribution in [0.2, 0.25) is 0 Å². The zero-order valence-electron chi connectivity index (χ0n) is 24.9. The molecule has 0 radical (unpaired) electrons. The van der Waals surface area contributed by atoms with E-state index in [1.165, 1.54) is 0 Å². The van der Waals surface area contributed by atoms with Crippen molar-refractivity contribution in [3.8, 4) is 5.75 Å². The topological polar surface area (TPSA) is 64.0 Å². The van der Waals surface area contributed by atoms with Crippen LogP contribution in [0, 0.1) is 6.92 Å². The second-order valence-corrected chi connectivity index (χ2v) is 10.4. The van der Waals surface area contributed by atoms with Gasteiger partial charge in [0.05, 0.1) is 13.7 Å².